The Hall–Kier alpha value is -2.48. The molecule has 2 aromatic rings. The summed E-state index contributed by atoms with van der Waals surface area (Å²) in [5.74, 6) is -0.335. The van der Waals surface area contributed by atoms with Gasteiger partial charge in [0.15, 0.2) is 5.13 Å². The van der Waals surface area contributed by atoms with E-state index in [1.807, 2.05) is 6.07 Å². The molecule has 1 saturated carbocycles. The molecular formula is C13H12N4O3S. The summed E-state index contributed by atoms with van der Waals surface area (Å²) in [6, 6.07) is 7.66. The van der Waals surface area contributed by atoms with E-state index in [-0.39, 0.29) is 16.0 Å². The summed E-state index contributed by atoms with van der Waals surface area (Å²) in [4.78, 5) is 26.0. The first kappa shape index (κ1) is 13.5. The number of anilines is 2. The minimum Gasteiger partial charge on any atom is -0.382 e. The summed E-state index contributed by atoms with van der Waals surface area (Å²) < 4.78 is 0. The van der Waals surface area contributed by atoms with Crippen LogP contribution in [0, 0.1) is 10.1 Å². The second-order valence-corrected chi connectivity index (χ2v) is 5.72. The Morgan fingerprint density at radius 3 is 2.90 bits per heavy atom. The number of amides is 1. The highest BCUT2D eigenvalue weighted by molar-refractivity contribution is 7.18. The summed E-state index contributed by atoms with van der Waals surface area (Å²) in [5.41, 5.74) is 1.38. The van der Waals surface area contributed by atoms with E-state index in [1.54, 1.807) is 18.2 Å². The second-order valence-electron chi connectivity index (χ2n) is 4.71. The zero-order valence-corrected chi connectivity index (χ0v) is 11.7. The van der Waals surface area contributed by atoms with Gasteiger partial charge in [0.1, 0.15) is 6.20 Å². The molecule has 3 rings (SSSR count). The predicted octanol–water partition coefficient (Wildman–Crippen LogP) is 2.88. The average molecular weight is 304 g/mol. The fourth-order valence-corrected chi connectivity index (χ4v) is 2.42. The van der Waals surface area contributed by atoms with Gasteiger partial charge >= 0.3 is 5.00 Å². The molecule has 0 bridgehead atoms. The van der Waals surface area contributed by atoms with Crippen molar-refractivity contribution in [2.75, 3.05) is 10.6 Å². The third-order valence-corrected chi connectivity index (χ3v) is 3.83. The maximum Gasteiger partial charge on any atom is 0.345 e. The second kappa shape index (κ2) is 5.49. The van der Waals surface area contributed by atoms with Gasteiger partial charge in [-0.05, 0) is 42.4 Å². The largest absolute Gasteiger partial charge is 0.382 e. The van der Waals surface area contributed by atoms with Crippen molar-refractivity contribution in [1.82, 2.24) is 4.98 Å². The van der Waals surface area contributed by atoms with Crippen molar-refractivity contribution >= 4 is 33.1 Å². The van der Waals surface area contributed by atoms with Gasteiger partial charge in [0, 0.05) is 17.3 Å². The quantitative estimate of drug-likeness (QED) is 0.654. The molecule has 2 N–H and O–H groups in total. The van der Waals surface area contributed by atoms with E-state index in [2.05, 4.69) is 15.6 Å². The SMILES string of the molecule is O=C(Nc1ncc([N+](=O)[O-])s1)c1cccc(NC2CC2)c1. The van der Waals surface area contributed by atoms with Crippen molar-refractivity contribution in [1.29, 1.82) is 0 Å². The monoisotopic (exact) mass is 304 g/mol. The van der Waals surface area contributed by atoms with E-state index >= 15 is 0 Å². The van der Waals surface area contributed by atoms with Crippen molar-refractivity contribution in [2.45, 2.75) is 18.9 Å². The van der Waals surface area contributed by atoms with Gasteiger partial charge < -0.3 is 5.32 Å². The number of nitro groups is 1. The minimum atomic E-state index is -0.534. The highest BCUT2D eigenvalue weighted by Crippen LogP contribution is 2.27. The van der Waals surface area contributed by atoms with Gasteiger partial charge in [-0.15, -0.1) is 0 Å². The summed E-state index contributed by atoms with van der Waals surface area (Å²) in [6.45, 7) is 0. The van der Waals surface area contributed by atoms with Crippen LogP contribution in [-0.4, -0.2) is 21.9 Å². The van der Waals surface area contributed by atoms with E-state index in [0.717, 1.165) is 36.1 Å². The van der Waals surface area contributed by atoms with Crippen molar-refractivity contribution < 1.29 is 9.72 Å². The lowest BCUT2D eigenvalue weighted by Crippen LogP contribution is -2.12. The molecule has 21 heavy (non-hydrogen) atoms. The topological polar surface area (TPSA) is 97.2 Å². The lowest BCUT2D eigenvalue weighted by molar-refractivity contribution is -0.380. The Morgan fingerprint density at radius 2 is 2.24 bits per heavy atom. The maximum absolute atomic E-state index is 12.1. The molecule has 1 fully saturated rings. The molecule has 1 aromatic carbocycles. The summed E-state index contributed by atoms with van der Waals surface area (Å²) in [5, 5.41) is 16.6. The summed E-state index contributed by atoms with van der Waals surface area (Å²) in [7, 11) is 0. The molecule has 0 atom stereocenters. The van der Waals surface area contributed by atoms with Crippen molar-refractivity contribution in [2.24, 2.45) is 0 Å². The molecule has 1 aromatic heterocycles. The third-order valence-electron chi connectivity index (χ3n) is 2.97. The molecule has 0 unspecified atom stereocenters. The molecule has 0 saturated heterocycles. The van der Waals surface area contributed by atoms with Crippen LogP contribution >= 0.6 is 11.3 Å². The molecule has 0 aliphatic heterocycles. The number of carbonyl (C=O) groups is 1. The number of thiazole rings is 1. The Labute approximate surface area is 124 Å². The van der Waals surface area contributed by atoms with Gasteiger partial charge in [-0.3, -0.25) is 20.2 Å². The highest BCUT2D eigenvalue weighted by atomic mass is 32.1. The average Bonchev–Trinajstić information content (AvgIpc) is 3.14. The van der Waals surface area contributed by atoms with E-state index < -0.39 is 4.92 Å². The smallest absolute Gasteiger partial charge is 0.345 e. The zero-order valence-electron chi connectivity index (χ0n) is 10.9. The molecule has 1 aliphatic rings. The minimum absolute atomic E-state index is 0.102. The van der Waals surface area contributed by atoms with Crippen molar-refractivity contribution in [3.05, 3.63) is 46.1 Å². The molecule has 7 nitrogen and oxygen atoms in total. The van der Waals surface area contributed by atoms with E-state index in [1.165, 1.54) is 0 Å². The van der Waals surface area contributed by atoms with Crippen LogP contribution in [0.5, 0.6) is 0 Å². The van der Waals surface area contributed by atoms with Crippen LogP contribution in [0.1, 0.15) is 23.2 Å². The number of hydrogen-bond donors (Lipinski definition) is 2. The van der Waals surface area contributed by atoms with Gasteiger partial charge in [0.25, 0.3) is 5.91 Å². The Kier molecular flexibility index (Phi) is 3.53. The number of hydrogen-bond acceptors (Lipinski definition) is 6. The van der Waals surface area contributed by atoms with Crippen LogP contribution in [0.15, 0.2) is 30.5 Å². The summed E-state index contributed by atoms with van der Waals surface area (Å²) >= 11 is 0.831. The van der Waals surface area contributed by atoms with E-state index in [0.29, 0.717) is 11.6 Å². The first-order valence-corrected chi connectivity index (χ1v) is 7.21. The summed E-state index contributed by atoms with van der Waals surface area (Å²) in [6.07, 6.45) is 3.43. The number of benzene rings is 1. The maximum atomic E-state index is 12.1. The van der Waals surface area contributed by atoms with Crippen LogP contribution in [0.3, 0.4) is 0 Å². The first-order chi connectivity index (χ1) is 10.1. The number of carbonyl (C=O) groups excluding carboxylic acids is 1. The molecule has 1 amide bonds. The van der Waals surface area contributed by atoms with Crippen LogP contribution in [0.4, 0.5) is 15.8 Å². The first-order valence-electron chi connectivity index (χ1n) is 6.40. The number of rotatable bonds is 5. The van der Waals surface area contributed by atoms with Gasteiger partial charge in [-0.1, -0.05) is 6.07 Å². The predicted molar refractivity (Wildman–Crippen MR) is 79.8 cm³/mol. The van der Waals surface area contributed by atoms with Gasteiger partial charge in [-0.25, -0.2) is 4.98 Å². The van der Waals surface area contributed by atoms with E-state index in [4.69, 9.17) is 0 Å². The molecule has 108 valence electrons. The van der Waals surface area contributed by atoms with Crippen LogP contribution in [-0.2, 0) is 0 Å². The molecule has 8 heteroatoms. The zero-order chi connectivity index (χ0) is 14.8. The molecule has 1 heterocycles. The third kappa shape index (κ3) is 3.34. The number of aromatic nitrogens is 1. The molecule has 1 aliphatic carbocycles. The van der Waals surface area contributed by atoms with Gasteiger partial charge in [0.05, 0.1) is 4.92 Å². The van der Waals surface area contributed by atoms with Gasteiger partial charge in [0.2, 0.25) is 0 Å². The molecule has 0 spiro atoms. The van der Waals surface area contributed by atoms with Gasteiger partial charge in [-0.2, -0.15) is 0 Å². The van der Waals surface area contributed by atoms with E-state index in [9.17, 15) is 14.9 Å². The highest BCUT2D eigenvalue weighted by Gasteiger charge is 2.21. The number of nitrogens with zero attached hydrogens (tertiary/aromatic N) is 2. The fourth-order valence-electron chi connectivity index (χ4n) is 1.79. The lowest BCUT2D eigenvalue weighted by atomic mass is 10.2. The van der Waals surface area contributed by atoms with Crippen LogP contribution in [0.2, 0.25) is 0 Å². The fraction of sp³-hybridized carbons (Fsp3) is 0.231. The molecular weight excluding hydrogens is 292 g/mol. The van der Waals surface area contributed by atoms with Crippen LogP contribution < -0.4 is 10.6 Å². The number of nitrogens with one attached hydrogen (secondary N) is 2. The van der Waals surface area contributed by atoms with Crippen molar-refractivity contribution in [3.8, 4) is 0 Å². The van der Waals surface area contributed by atoms with Crippen LogP contribution in [0.25, 0.3) is 0 Å². The molecule has 0 radical (unpaired) electrons. The standard InChI is InChI=1S/C13H12N4O3S/c18-12(16-13-14-7-11(21-13)17(19)20)8-2-1-3-10(6-8)15-9-4-5-9/h1-3,6-7,9,15H,4-5H2,(H,14,16,18). The Bertz CT molecular complexity index is 696. The Balaban J connectivity index is 1.70. The Morgan fingerprint density at radius 1 is 1.43 bits per heavy atom. The lowest BCUT2D eigenvalue weighted by Gasteiger charge is -2.06. The van der Waals surface area contributed by atoms with Crippen molar-refractivity contribution in [3.63, 3.8) is 0 Å². The normalized spacial score (nSPS) is 13.7.